The van der Waals surface area contributed by atoms with Crippen molar-refractivity contribution < 1.29 is 18.3 Å². The Morgan fingerprint density at radius 3 is 2.70 bits per heavy atom. The summed E-state index contributed by atoms with van der Waals surface area (Å²) in [5, 5.41) is 13.1. The first-order valence-electron chi connectivity index (χ1n) is 6.56. The van der Waals surface area contributed by atoms with Gasteiger partial charge in [0.15, 0.2) is 0 Å². The van der Waals surface area contributed by atoms with Gasteiger partial charge in [-0.05, 0) is 18.4 Å². The Morgan fingerprint density at radius 1 is 1.40 bits per heavy atom. The lowest BCUT2D eigenvalue weighted by molar-refractivity contribution is 0.174. The molecule has 1 atom stereocenters. The van der Waals surface area contributed by atoms with Crippen LogP contribution in [0.4, 0.5) is 0 Å². The predicted molar refractivity (Wildman–Crippen MR) is 76.8 cm³/mol. The summed E-state index contributed by atoms with van der Waals surface area (Å²) < 4.78 is 29.8. The Bertz CT molecular complexity index is 395. The smallest absolute Gasteiger partial charge is 0.216 e. The van der Waals surface area contributed by atoms with Crippen LogP contribution < -0.4 is 0 Å². The summed E-state index contributed by atoms with van der Waals surface area (Å²) in [5.74, 6) is -0.274. The van der Waals surface area contributed by atoms with Crippen LogP contribution in [0.1, 0.15) is 25.7 Å². The summed E-state index contributed by atoms with van der Waals surface area (Å²) in [6.45, 7) is 1.04. The molecular weight excluding hydrogens is 284 g/mol. The van der Waals surface area contributed by atoms with Gasteiger partial charge < -0.3 is 9.84 Å². The first kappa shape index (κ1) is 19.1. The third-order valence-electron chi connectivity index (χ3n) is 2.85. The highest BCUT2D eigenvalue weighted by molar-refractivity contribution is 7.89. The Labute approximate surface area is 120 Å². The van der Waals surface area contributed by atoms with E-state index in [0.29, 0.717) is 26.0 Å². The SMILES string of the molecule is COCCN(C)S(=O)(=O)CC(O)CCCCCN=[N+]=[N-]. The van der Waals surface area contributed by atoms with Gasteiger partial charge in [-0.1, -0.05) is 18.0 Å². The molecule has 0 bridgehead atoms. The number of hydrogen-bond donors (Lipinski definition) is 1. The summed E-state index contributed by atoms with van der Waals surface area (Å²) in [6.07, 6.45) is 1.81. The van der Waals surface area contributed by atoms with Crippen LogP contribution >= 0.6 is 0 Å². The van der Waals surface area contributed by atoms with Crippen LogP contribution in [0.2, 0.25) is 0 Å². The second-order valence-electron chi connectivity index (χ2n) is 4.55. The molecule has 0 aromatic carbocycles. The fourth-order valence-corrected chi connectivity index (χ4v) is 2.86. The molecule has 0 saturated heterocycles. The first-order chi connectivity index (χ1) is 9.44. The zero-order valence-electron chi connectivity index (χ0n) is 12.1. The summed E-state index contributed by atoms with van der Waals surface area (Å²) in [6, 6.07) is 0. The van der Waals surface area contributed by atoms with Crippen LogP contribution in [0.5, 0.6) is 0 Å². The molecule has 0 amide bonds. The van der Waals surface area contributed by atoms with Gasteiger partial charge in [0.05, 0.1) is 18.5 Å². The molecule has 0 saturated carbocycles. The second kappa shape index (κ2) is 10.9. The van der Waals surface area contributed by atoms with Gasteiger partial charge in [-0.25, -0.2) is 12.7 Å². The van der Waals surface area contributed by atoms with Crippen molar-refractivity contribution in [3.05, 3.63) is 10.4 Å². The van der Waals surface area contributed by atoms with Gasteiger partial charge in [0, 0.05) is 32.2 Å². The van der Waals surface area contributed by atoms with Gasteiger partial charge in [0.25, 0.3) is 0 Å². The van der Waals surface area contributed by atoms with E-state index in [9.17, 15) is 13.5 Å². The lowest BCUT2D eigenvalue weighted by Gasteiger charge is -2.19. The minimum Gasteiger partial charge on any atom is -0.392 e. The van der Waals surface area contributed by atoms with E-state index in [2.05, 4.69) is 10.0 Å². The number of nitrogens with zero attached hydrogens (tertiary/aromatic N) is 4. The molecule has 0 aliphatic carbocycles. The van der Waals surface area contributed by atoms with Crippen molar-refractivity contribution in [2.24, 2.45) is 5.11 Å². The van der Waals surface area contributed by atoms with Crippen LogP contribution in [0.3, 0.4) is 0 Å². The van der Waals surface area contributed by atoms with Gasteiger partial charge >= 0.3 is 0 Å². The first-order valence-corrected chi connectivity index (χ1v) is 8.17. The highest BCUT2D eigenvalue weighted by atomic mass is 32.2. The van der Waals surface area contributed by atoms with Gasteiger partial charge in [0.2, 0.25) is 10.0 Å². The lowest BCUT2D eigenvalue weighted by Crippen LogP contribution is -2.35. The zero-order valence-corrected chi connectivity index (χ0v) is 12.9. The van der Waals surface area contributed by atoms with Crippen molar-refractivity contribution in [2.75, 3.05) is 39.6 Å². The number of hydrogen-bond acceptors (Lipinski definition) is 5. The maximum atomic E-state index is 11.9. The highest BCUT2D eigenvalue weighted by Crippen LogP contribution is 2.08. The van der Waals surface area contributed by atoms with Gasteiger partial charge in [-0.3, -0.25) is 0 Å². The largest absolute Gasteiger partial charge is 0.392 e. The zero-order chi connectivity index (χ0) is 15.4. The molecule has 0 aromatic rings. The van der Waals surface area contributed by atoms with Crippen molar-refractivity contribution >= 4 is 10.0 Å². The Morgan fingerprint density at radius 2 is 2.10 bits per heavy atom. The molecule has 8 nitrogen and oxygen atoms in total. The maximum absolute atomic E-state index is 11.9. The minimum atomic E-state index is -3.45. The number of rotatable bonds is 12. The molecule has 1 N–H and O–H groups in total. The Balaban J connectivity index is 3.93. The number of aliphatic hydroxyl groups excluding tert-OH is 1. The van der Waals surface area contributed by atoms with E-state index in [1.54, 1.807) is 0 Å². The van der Waals surface area contributed by atoms with E-state index in [-0.39, 0.29) is 12.3 Å². The normalized spacial score (nSPS) is 13.2. The molecule has 0 radical (unpaired) electrons. The lowest BCUT2D eigenvalue weighted by atomic mass is 10.1. The molecule has 0 heterocycles. The average molecular weight is 308 g/mol. The molecule has 9 heteroatoms. The molecule has 118 valence electrons. The number of likely N-dealkylation sites (N-methyl/N-ethyl adjacent to an activating group) is 1. The number of unbranched alkanes of at least 4 members (excludes halogenated alkanes) is 2. The molecule has 0 rings (SSSR count). The topological polar surface area (TPSA) is 116 Å². The second-order valence-corrected chi connectivity index (χ2v) is 6.67. The van der Waals surface area contributed by atoms with Crippen LogP contribution in [0.25, 0.3) is 10.4 Å². The van der Waals surface area contributed by atoms with E-state index in [4.69, 9.17) is 10.3 Å². The average Bonchev–Trinajstić information content (AvgIpc) is 2.39. The predicted octanol–water partition coefficient (Wildman–Crippen LogP) is 1.13. The number of aliphatic hydroxyl groups is 1. The fourth-order valence-electron chi connectivity index (χ4n) is 1.60. The van der Waals surface area contributed by atoms with E-state index in [1.165, 1.54) is 18.5 Å². The molecule has 0 spiro atoms. The molecule has 1 unspecified atom stereocenters. The van der Waals surface area contributed by atoms with Crippen molar-refractivity contribution in [2.45, 2.75) is 31.8 Å². The molecule has 0 aromatic heterocycles. The van der Waals surface area contributed by atoms with E-state index in [0.717, 1.165) is 12.8 Å². The van der Waals surface area contributed by atoms with E-state index < -0.39 is 16.1 Å². The van der Waals surface area contributed by atoms with Gasteiger partial charge in [-0.2, -0.15) is 0 Å². The van der Waals surface area contributed by atoms with Gasteiger partial charge in [0.1, 0.15) is 0 Å². The minimum absolute atomic E-state index is 0.274. The number of azide groups is 1. The van der Waals surface area contributed by atoms with Crippen molar-refractivity contribution in [1.82, 2.24) is 4.31 Å². The van der Waals surface area contributed by atoms with Crippen molar-refractivity contribution in [1.29, 1.82) is 0 Å². The fraction of sp³-hybridized carbons (Fsp3) is 1.00. The third-order valence-corrected chi connectivity index (χ3v) is 4.79. The maximum Gasteiger partial charge on any atom is 0.216 e. The van der Waals surface area contributed by atoms with E-state index >= 15 is 0 Å². The summed E-state index contributed by atoms with van der Waals surface area (Å²) in [7, 11) is -0.468. The van der Waals surface area contributed by atoms with Crippen LogP contribution in [0, 0.1) is 0 Å². The monoisotopic (exact) mass is 308 g/mol. The van der Waals surface area contributed by atoms with Crippen LogP contribution in [0.15, 0.2) is 5.11 Å². The van der Waals surface area contributed by atoms with Crippen LogP contribution in [-0.2, 0) is 14.8 Å². The van der Waals surface area contributed by atoms with Crippen LogP contribution in [-0.4, -0.2) is 63.5 Å². The van der Waals surface area contributed by atoms with Gasteiger partial charge in [-0.15, -0.1) is 0 Å². The van der Waals surface area contributed by atoms with Crippen molar-refractivity contribution in [3.63, 3.8) is 0 Å². The summed E-state index contributed by atoms with van der Waals surface area (Å²) in [5.41, 5.74) is 8.09. The quantitative estimate of drug-likeness (QED) is 0.252. The Kier molecular flexibility index (Phi) is 10.4. The summed E-state index contributed by atoms with van der Waals surface area (Å²) >= 11 is 0. The van der Waals surface area contributed by atoms with E-state index in [1.807, 2.05) is 0 Å². The third kappa shape index (κ3) is 9.11. The standard InChI is InChI=1S/C11H24N4O4S/c1-15(8-9-19-2)20(17,18)10-11(16)6-4-3-5-7-13-14-12/h11,16H,3-10H2,1-2H3. The molecular formula is C11H24N4O4S. The number of methoxy groups -OCH3 is 1. The molecule has 0 aliphatic heterocycles. The number of ether oxygens (including phenoxy) is 1. The highest BCUT2D eigenvalue weighted by Gasteiger charge is 2.21. The Hall–Kier alpha value is -0.860. The molecule has 20 heavy (non-hydrogen) atoms. The van der Waals surface area contributed by atoms with Crippen molar-refractivity contribution in [3.8, 4) is 0 Å². The number of sulfonamides is 1. The molecule has 0 aliphatic rings. The summed E-state index contributed by atoms with van der Waals surface area (Å²) in [4.78, 5) is 2.64. The molecule has 0 fully saturated rings.